The summed E-state index contributed by atoms with van der Waals surface area (Å²) >= 11 is 0. The Hall–Kier alpha value is -1.84. The molecule has 0 aliphatic heterocycles. The van der Waals surface area contributed by atoms with Crippen LogP contribution in [0.1, 0.15) is 83.2 Å². The van der Waals surface area contributed by atoms with Crippen LogP contribution in [0.5, 0.6) is 0 Å². The number of benzene rings is 1. The summed E-state index contributed by atoms with van der Waals surface area (Å²) in [5.41, 5.74) is 2.10. The molecule has 2 fully saturated rings. The van der Waals surface area contributed by atoms with Crippen LogP contribution in [0.3, 0.4) is 0 Å². The van der Waals surface area contributed by atoms with Gasteiger partial charge >= 0.3 is 11.9 Å². The highest BCUT2D eigenvalue weighted by Crippen LogP contribution is 2.36. The van der Waals surface area contributed by atoms with Crippen molar-refractivity contribution in [3.05, 3.63) is 34.4 Å². The summed E-state index contributed by atoms with van der Waals surface area (Å²) in [7, 11) is 0. The molecular formula is C20H26O4. The van der Waals surface area contributed by atoms with E-state index in [9.17, 15) is 19.8 Å². The third-order valence-electron chi connectivity index (χ3n) is 5.36. The van der Waals surface area contributed by atoms with Gasteiger partial charge in [-0.2, -0.15) is 0 Å². The molecule has 24 heavy (non-hydrogen) atoms. The fraction of sp³-hybridized carbons (Fsp3) is 0.600. The number of carboxylic acid groups (broad SMARTS) is 2. The summed E-state index contributed by atoms with van der Waals surface area (Å²) in [6.07, 6.45) is 10.6. The van der Waals surface area contributed by atoms with Crippen molar-refractivity contribution in [2.24, 2.45) is 11.8 Å². The average Bonchev–Trinajstić information content (AvgIpc) is 3.42. The lowest BCUT2D eigenvalue weighted by molar-refractivity contribution is 0.0679. The Morgan fingerprint density at radius 2 is 1.17 bits per heavy atom. The molecule has 0 atom stereocenters. The van der Waals surface area contributed by atoms with Crippen LogP contribution in [0.2, 0.25) is 0 Å². The van der Waals surface area contributed by atoms with Crippen LogP contribution in [0.15, 0.2) is 12.1 Å². The predicted molar refractivity (Wildman–Crippen MR) is 91.7 cm³/mol. The lowest BCUT2D eigenvalue weighted by Crippen LogP contribution is -2.12. The topological polar surface area (TPSA) is 74.6 Å². The molecule has 0 unspecified atom stereocenters. The molecule has 2 aliphatic rings. The van der Waals surface area contributed by atoms with Gasteiger partial charge < -0.3 is 10.2 Å². The van der Waals surface area contributed by atoms with Crippen LogP contribution in [-0.4, -0.2) is 22.2 Å². The summed E-state index contributed by atoms with van der Waals surface area (Å²) in [4.78, 5) is 23.2. The molecule has 0 bridgehead atoms. The van der Waals surface area contributed by atoms with E-state index in [0.717, 1.165) is 48.6 Å². The van der Waals surface area contributed by atoms with Crippen molar-refractivity contribution in [2.75, 3.05) is 0 Å². The van der Waals surface area contributed by atoms with Crippen molar-refractivity contribution in [1.29, 1.82) is 0 Å². The first-order valence-electron chi connectivity index (χ1n) is 9.17. The zero-order valence-electron chi connectivity index (χ0n) is 14.1. The monoisotopic (exact) mass is 330 g/mol. The van der Waals surface area contributed by atoms with Crippen LogP contribution >= 0.6 is 0 Å². The van der Waals surface area contributed by atoms with Gasteiger partial charge in [-0.05, 0) is 60.8 Å². The van der Waals surface area contributed by atoms with E-state index in [1.807, 2.05) is 0 Å². The van der Waals surface area contributed by atoms with E-state index >= 15 is 0 Å². The highest BCUT2D eigenvalue weighted by Gasteiger charge is 2.25. The Morgan fingerprint density at radius 3 is 1.46 bits per heavy atom. The molecule has 2 aliphatic carbocycles. The highest BCUT2D eigenvalue weighted by atomic mass is 16.4. The highest BCUT2D eigenvalue weighted by molar-refractivity contribution is 5.95. The molecule has 4 heteroatoms. The van der Waals surface area contributed by atoms with E-state index in [0.29, 0.717) is 12.8 Å². The van der Waals surface area contributed by atoms with E-state index in [-0.39, 0.29) is 11.1 Å². The normalized spacial score (nSPS) is 17.0. The van der Waals surface area contributed by atoms with Gasteiger partial charge in [0, 0.05) is 0 Å². The van der Waals surface area contributed by atoms with Gasteiger partial charge in [-0.25, -0.2) is 9.59 Å². The van der Waals surface area contributed by atoms with Crippen LogP contribution in [-0.2, 0) is 12.8 Å². The van der Waals surface area contributed by atoms with Gasteiger partial charge in [0.2, 0.25) is 0 Å². The summed E-state index contributed by atoms with van der Waals surface area (Å²) in [6.45, 7) is 0. The smallest absolute Gasteiger partial charge is 0.335 e. The first-order valence-corrected chi connectivity index (χ1v) is 9.17. The number of rotatable bonds is 10. The van der Waals surface area contributed by atoms with E-state index in [1.165, 1.54) is 37.8 Å². The molecule has 130 valence electrons. The summed E-state index contributed by atoms with van der Waals surface area (Å²) < 4.78 is 0. The second-order valence-corrected chi connectivity index (χ2v) is 7.40. The van der Waals surface area contributed by atoms with Gasteiger partial charge in [0.15, 0.2) is 0 Å². The molecule has 1 aromatic carbocycles. The number of hydrogen-bond acceptors (Lipinski definition) is 2. The minimum Gasteiger partial charge on any atom is -0.478 e. The maximum absolute atomic E-state index is 11.6. The predicted octanol–water partition coefficient (Wildman–Crippen LogP) is 4.55. The van der Waals surface area contributed by atoms with Crippen LogP contribution in [0, 0.1) is 11.8 Å². The SMILES string of the molecule is O=C(O)c1ccc(C(=O)O)c(CCCC2CC2)c1CCCC1CC1. The van der Waals surface area contributed by atoms with Crippen molar-refractivity contribution in [3.63, 3.8) is 0 Å². The van der Waals surface area contributed by atoms with Crippen molar-refractivity contribution >= 4 is 11.9 Å². The minimum atomic E-state index is -0.947. The first kappa shape index (κ1) is 17.0. The Morgan fingerprint density at radius 1 is 0.792 bits per heavy atom. The Balaban J connectivity index is 1.83. The maximum atomic E-state index is 11.6. The standard InChI is InChI=1S/C20H26O4/c21-19(22)17-11-12-18(20(23)24)16(6-2-4-14-9-10-14)15(17)5-1-3-13-7-8-13/h11-14H,1-10H2,(H,21,22)(H,23,24). The fourth-order valence-corrected chi connectivity index (χ4v) is 3.61. The molecule has 0 aromatic heterocycles. The van der Waals surface area contributed by atoms with Crippen molar-refractivity contribution < 1.29 is 19.8 Å². The van der Waals surface area contributed by atoms with Gasteiger partial charge in [0.25, 0.3) is 0 Å². The van der Waals surface area contributed by atoms with Crippen LogP contribution in [0.4, 0.5) is 0 Å². The Labute approximate surface area is 142 Å². The molecule has 1 aromatic rings. The third kappa shape index (κ3) is 4.37. The van der Waals surface area contributed by atoms with Crippen molar-refractivity contribution in [3.8, 4) is 0 Å². The van der Waals surface area contributed by atoms with E-state index in [4.69, 9.17) is 0 Å². The first-order chi connectivity index (χ1) is 11.6. The van der Waals surface area contributed by atoms with Gasteiger partial charge in [-0.15, -0.1) is 0 Å². The van der Waals surface area contributed by atoms with Gasteiger partial charge in [0.05, 0.1) is 11.1 Å². The quantitative estimate of drug-likeness (QED) is 0.660. The Bertz CT molecular complexity index is 572. The summed E-state index contributed by atoms with van der Waals surface area (Å²) in [5.74, 6) is -0.285. The molecular weight excluding hydrogens is 304 g/mol. The molecule has 2 saturated carbocycles. The van der Waals surface area contributed by atoms with Gasteiger partial charge in [-0.1, -0.05) is 38.5 Å². The maximum Gasteiger partial charge on any atom is 0.335 e. The minimum absolute atomic E-state index is 0.289. The lowest BCUT2D eigenvalue weighted by Gasteiger charge is -2.16. The van der Waals surface area contributed by atoms with Crippen molar-refractivity contribution in [2.45, 2.75) is 64.2 Å². The van der Waals surface area contributed by atoms with E-state index in [1.54, 1.807) is 0 Å². The second kappa shape index (κ2) is 7.37. The van der Waals surface area contributed by atoms with Crippen LogP contribution < -0.4 is 0 Å². The largest absolute Gasteiger partial charge is 0.478 e. The van der Waals surface area contributed by atoms with E-state index in [2.05, 4.69) is 0 Å². The zero-order chi connectivity index (χ0) is 17.1. The molecule has 3 rings (SSSR count). The number of aromatic carboxylic acids is 2. The summed E-state index contributed by atoms with van der Waals surface area (Å²) in [5, 5.41) is 19.0. The number of hydrogen-bond donors (Lipinski definition) is 2. The molecule has 0 radical (unpaired) electrons. The molecule has 0 saturated heterocycles. The second-order valence-electron chi connectivity index (χ2n) is 7.40. The molecule has 0 spiro atoms. The number of carbonyl (C=O) groups is 2. The van der Waals surface area contributed by atoms with Gasteiger partial charge in [0.1, 0.15) is 0 Å². The molecule has 0 amide bonds. The van der Waals surface area contributed by atoms with Crippen molar-refractivity contribution in [1.82, 2.24) is 0 Å². The average molecular weight is 330 g/mol. The third-order valence-corrected chi connectivity index (χ3v) is 5.36. The molecule has 4 nitrogen and oxygen atoms in total. The fourth-order valence-electron chi connectivity index (χ4n) is 3.61. The van der Waals surface area contributed by atoms with Gasteiger partial charge in [-0.3, -0.25) is 0 Å². The molecule has 2 N–H and O–H groups in total. The lowest BCUT2D eigenvalue weighted by atomic mass is 9.88. The van der Waals surface area contributed by atoms with Crippen LogP contribution in [0.25, 0.3) is 0 Å². The zero-order valence-corrected chi connectivity index (χ0v) is 14.1. The van der Waals surface area contributed by atoms with E-state index < -0.39 is 11.9 Å². The number of carboxylic acids is 2. The summed E-state index contributed by atoms with van der Waals surface area (Å²) in [6, 6.07) is 2.95. The molecule has 0 heterocycles. The Kier molecular flexibility index (Phi) is 5.22.